The Bertz CT molecular complexity index is 1290. The van der Waals surface area contributed by atoms with Crippen LogP contribution in [0.2, 0.25) is 10.2 Å². The number of imidazole rings is 1. The lowest BCUT2D eigenvalue weighted by molar-refractivity contribution is 0.719. The Hall–Kier alpha value is -3.41. The normalized spacial score (nSPS) is 12.0. The van der Waals surface area contributed by atoms with E-state index in [1.807, 2.05) is 43.1 Å². The predicted octanol–water partition coefficient (Wildman–Crippen LogP) is 4.14. The minimum absolute atomic E-state index is 0.130. The third-order valence-corrected chi connectivity index (χ3v) is 5.41. The second-order valence-corrected chi connectivity index (χ2v) is 7.49. The molecule has 4 rings (SSSR count). The molecule has 1 atom stereocenters. The van der Waals surface area contributed by atoms with Gasteiger partial charge in [0.25, 0.3) is 0 Å². The first-order valence-electron chi connectivity index (χ1n) is 8.94. The van der Waals surface area contributed by atoms with Crippen LogP contribution >= 0.6 is 23.2 Å². The van der Waals surface area contributed by atoms with Gasteiger partial charge in [0.2, 0.25) is 0 Å². The van der Waals surface area contributed by atoms with Crippen molar-refractivity contribution in [1.29, 1.82) is 5.26 Å². The Labute approximate surface area is 182 Å². The van der Waals surface area contributed by atoms with Crippen LogP contribution in [0.3, 0.4) is 0 Å². The molecule has 0 aliphatic carbocycles. The summed E-state index contributed by atoms with van der Waals surface area (Å²) >= 11 is 12.5. The van der Waals surface area contributed by atoms with Crippen LogP contribution in [0.25, 0.3) is 16.9 Å². The number of nitrogens with zero attached hydrogens (tertiary/aromatic N) is 7. The summed E-state index contributed by atoms with van der Waals surface area (Å²) < 4.78 is 1.57. The van der Waals surface area contributed by atoms with Gasteiger partial charge in [0.1, 0.15) is 23.8 Å². The number of hydrogen-bond acceptors (Lipinski definition) is 7. The highest BCUT2D eigenvalue weighted by Gasteiger charge is 2.24. The van der Waals surface area contributed by atoms with Crippen LogP contribution < -0.4 is 10.6 Å². The number of nitriles is 1. The Kier molecular flexibility index (Phi) is 5.16. The van der Waals surface area contributed by atoms with E-state index in [2.05, 4.69) is 21.0 Å². The first-order valence-corrected chi connectivity index (χ1v) is 9.69. The monoisotopic (exact) mass is 438 g/mol. The average molecular weight is 439 g/mol. The Morgan fingerprint density at radius 3 is 2.73 bits per heavy atom. The van der Waals surface area contributed by atoms with Gasteiger partial charge in [-0.05, 0) is 25.1 Å². The van der Waals surface area contributed by atoms with Gasteiger partial charge in [-0.3, -0.25) is 0 Å². The summed E-state index contributed by atoms with van der Waals surface area (Å²) in [5.41, 5.74) is 9.05. The molecule has 30 heavy (non-hydrogen) atoms. The SMILES string of the molecule is C[C@H](c1cc2ncc(Cl)n2nc1-c1cccc(Cl)c1)N(C)c1ncnc(N)c1C#N. The van der Waals surface area contributed by atoms with Crippen molar-refractivity contribution in [3.63, 3.8) is 0 Å². The Morgan fingerprint density at radius 1 is 1.20 bits per heavy atom. The zero-order chi connectivity index (χ0) is 21.4. The third-order valence-electron chi connectivity index (χ3n) is 4.91. The number of nitrogen functional groups attached to an aromatic ring is 1. The van der Waals surface area contributed by atoms with Crippen molar-refractivity contribution in [1.82, 2.24) is 24.6 Å². The number of aromatic nitrogens is 5. The molecule has 0 saturated heterocycles. The van der Waals surface area contributed by atoms with Crippen LogP contribution in [0.4, 0.5) is 11.6 Å². The second kappa shape index (κ2) is 7.78. The van der Waals surface area contributed by atoms with E-state index in [0.29, 0.717) is 27.3 Å². The zero-order valence-electron chi connectivity index (χ0n) is 16.1. The molecule has 0 unspecified atom stereocenters. The Balaban J connectivity index is 1.90. The van der Waals surface area contributed by atoms with Crippen LogP contribution in [0, 0.1) is 11.3 Å². The van der Waals surface area contributed by atoms with Crippen LogP contribution in [0.5, 0.6) is 0 Å². The summed E-state index contributed by atoms with van der Waals surface area (Å²) in [6.07, 6.45) is 2.88. The fraction of sp³-hybridized carbons (Fsp3) is 0.150. The van der Waals surface area contributed by atoms with Crippen molar-refractivity contribution < 1.29 is 0 Å². The lowest BCUT2D eigenvalue weighted by atomic mass is 10.0. The molecule has 0 spiro atoms. The maximum Gasteiger partial charge on any atom is 0.155 e. The van der Waals surface area contributed by atoms with Gasteiger partial charge in [0.15, 0.2) is 16.6 Å². The van der Waals surface area contributed by atoms with Gasteiger partial charge in [0, 0.05) is 23.2 Å². The van der Waals surface area contributed by atoms with Crippen LogP contribution in [0.1, 0.15) is 24.1 Å². The van der Waals surface area contributed by atoms with Gasteiger partial charge in [0.05, 0.1) is 17.9 Å². The molecule has 0 amide bonds. The van der Waals surface area contributed by atoms with Crippen molar-refractivity contribution in [2.75, 3.05) is 17.7 Å². The van der Waals surface area contributed by atoms with E-state index >= 15 is 0 Å². The van der Waals surface area contributed by atoms with Gasteiger partial charge in [-0.25, -0.2) is 19.5 Å². The smallest absolute Gasteiger partial charge is 0.155 e. The molecule has 0 bridgehead atoms. The van der Waals surface area contributed by atoms with Gasteiger partial charge in [-0.1, -0.05) is 35.3 Å². The molecule has 1 aromatic carbocycles. The van der Waals surface area contributed by atoms with Gasteiger partial charge in [-0.15, -0.1) is 0 Å². The topological polar surface area (TPSA) is 109 Å². The molecule has 0 saturated carbocycles. The first-order chi connectivity index (χ1) is 14.4. The fourth-order valence-corrected chi connectivity index (χ4v) is 3.60. The number of nitrogens with two attached hydrogens (primary N) is 1. The summed E-state index contributed by atoms with van der Waals surface area (Å²) in [5.74, 6) is 0.557. The molecule has 4 aromatic rings. The van der Waals surface area contributed by atoms with Crippen molar-refractivity contribution in [3.05, 3.63) is 64.2 Å². The number of halogens is 2. The highest BCUT2D eigenvalue weighted by molar-refractivity contribution is 6.31. The molecule has 0 aliphatic rings. The number of hydrogen-bond donors (Lipinski definition) is 1. The minimum Gasteiger partial charge on any atom is -0.382 e. The molecule has 2 N–H and O–H groups in total. The van der Waals surface area contributed by atoms with Crippen molar-refractivity contribution in [2.24, 2.45) is 0 Å². The van der Waals surface area contributed by atoms with Gasteiger partial charge in [-0.2, -0.15) is 10.4 Å². The van der Waals surface area contributed by atoms with E-state index in [9.17, 15) is 5.26 Å². The van der Waals surface area contributed by atoms with Crippen molar-refractivity contribution in [2.45, 2.75) is 13.0 Å². The molecular weight excluding hydrogens is 423 g/mol. The predicted molar refractivity (Wildman–Crippen MR) is 116 cm³/mol. The lowest BCUT2D eigenvalue weighted by Gasteiger charge is -2.28. The summed E-state index contributed by atoms with van der Waals surface area (Å²) in [6, 6.07) is 11.2. The summed E-state index contributed by atoms with van der Waals surface area (Å²) in [7, 11) is 1.83. The average Bonchev–Trinajstić information content (AvgIpc) is 3.11. The van der Waals surface area contributed by atoms with Gasteiger partial charge >= 0.3 is 0 Å². The molecule has 0 fully saturated rings. The zero-order valence-corrected chi connectivity index (χ0v) is 17.6. The van der Waals surface area contributed by atoms with Crippen LogP contribution in [-0.2, 0) is 0 Å². The van der Waals surface area contributed by atoms with E-state index in [-0.39, 0.29) is 17.4 Å². The number of fused-ring (bicyclic) bond motifs is 1. The van der Waals surface area contributed by atoms with Crippen LogP contribution in [0.15, 0.2) is 42.9 Å². The van der Waals surface area contributed by atoms with E-state index in [1.165, 1.54) is 6.33 Å². The summed E-state index contributed by atoms with van der Waals surface area (Å²) in [6.45, 7) is 1.98. The minimum atomic E-state index is -0.242. The largest absolute Gasteiger partial charge is 0.382 e. The maximum atomic E-state index is 9.52. The molecule has 150 valence electrons. The highest BCUT2D eigenvalue weighted by atomic mass is 35.5. The number of anilines is 2. The molecule has 3 heterocycles. The standard InChI is InChI=1S/C20H16Cl2N8/c1-11(29(2)20-15(8-23)19(24)26-10-27-20)14-7-17-25-9-16(22)30(17)28-18(14)12-4-3-5-13(21)6-12/h3-7,9-11H,1-2H3,(H2,24,26,27)/t11-/m1/s1. The fourth-order valence-electron chi connectivity index (χ4n) is 3.24. The van der Waals surface area contributed by atoms with E-state index in [4.69, 9.17) is 34.0 Å². The second-order valence-electron chi connectivity index (χ2n) is 6.67. The van der Waals surface area contributed by atoms with E-state index in [1.54, 1.807) is 16.8 Å². The molecule has 8 nitrogen and oxygen atoms in total. The van der Waals surface area contributed by atoms with E-state index < -0.39 is 0 Å². The maximum absolute atomic E-state index is 9.52. The summed E-state index contributed by atoms with van der Waals surface area (Å²) in [5, 5.41) is 15.2. The third kappa shape index (κ3) is 3.38. The number of benzene rings is 1. The lowest BCUT2D eigenvalue weighted by Crippen LogP contribution is -2.25. The Morgan fingerprint density at radius 2 is 2.00 bits per heavy atom. The first kappa shape index (κ1) is 19.9. The highest BCUT2D eigenvalue weighted by Crippen LogP contribution is 2.34. The van der Waals surface area contributed by atoms with E-state index in [0.717, 1.165) is 11.1 Å². The molecule has 3 aromatic heterocycles. The van der Waals surface area contributed by atoms with Crippen molar-refractivity contribution in [3.8, 4) is 17.3 Å². The number of rotatable bonds is 4. The van der Waals surface area contributed by atoms with Crippen molar-refractivity contribution >= 4 is 40.5 Å². The summed E-state index contributed by atoms with van der Waals surface area (Å²) in [4.78, 5) is 14.3. The quantitative estimate of drug-likeness (QED) is 0.509. The molecule has 10 heteroatoms. The van der Waals surface area contributed by atoms with Gasteiger partial charge < -0.3 is 10.6 Å². The molecular formula is C20H16Cl2N8. The molecule has 0 aliphatic heterocycles. The van der Waals surface area contributed by atoms with Crippen LogP contribution in [-0.4, -0.2) is 31.6 Å². The molecule has 0 radical (unpaired) electrons.